The van der Waals surface area contributed by atoms with Gasteiger partial charge in [0.2, 0.25) is 0 Å². The van der Waals surface area contributed by atoms with Crippen molar-refractivity contribution in [2.45, 2.75) is 6.54 Å². The van der Waals surface area contributed by atoms with E-state index >= 15 is 0 Å². The molecule has 0 unspecified atom stereocenters. The van der Waals surface area contributed by atoms with Crippen molar-refractivity contribution < 1.29 is 14.7 Å². The number of anilines is 1. The van der Waals surface area contributed by atoms with E-state index in [4.69, 9.17) is 5.11 Å². The van der Waals surface area contributed by atoms with Gasteiger partial charge in [0.1, 0.15) is 6.54 Å². The van der Waals surface area contributed by atoms with E-state index in [0.29, 0.717) is 18.8 Å². The van der Waals surface area contributed by atoms with Gasteiger partial charge >= 0.3 is 12.0 Å². The van der Waals surface area contributed by atoms with E-state index in [-0.39, 0.29) is 0 Å². The minimum atomic E-state index is -1.07. The van der Waals surface area contributed by atoms with Crippen molar-refractivity contribution in [1.29, 1.82) is 0 Å². The Kier molecular flexibility index (Phi) is 4.92. The summed E-state index contributed by atoms with van der Waals surface area (Å²) in [5, 5.41) is 15.6. The van der Waals surface area contributed by atoms with Crippen LogP contribution in [0, 0.1) is 0 Å². The summed E-state index contributed by atoms with van der Waals surface area (Å²) >= 11 is 0. The lowest BCUT2D eigenvalue weighted by Crippen LogP contribution is -2.44. The van der Waals surface area contributed by atoms with Gasteiger partial charge < -0.3 is 10.4 Å². The molecule has 0 aliphatic rings. The van der Waals surface area contributed by atoms with Crippen LogP contribution in [0.25, 0.3) is 0 Å². The second kappa shape index (κ2) is 7.09. The second-order valence-electron chi connectivity index (χ2n) is 4.32. The molecule has 0 spiro atoms. The summed E-state index contributed by atoms with van der Waals surface area (Å²) in [6, 6.07) is 10.0. The van der Waals surface area contributed by atoms with Gasteiger partial charge in [-0.15, -0.1) is 0 Å². The third kappa shape index (κ3) is 4.34. The highest BCUT2D eigenvalue weighted by Gasteiger charge is 2.18. The normalized spacial score (nSPS) is 10.1. The number of nitrogens with one attached hydrogen (secondary N) is 1. The molecule has 1 heterocycles. The smallest absolute Gasteiger partial charge is 0.323 e. The van der Waals surface area contributed by atoms with Gasteiger partial charge in [-0.2, -0.15) is 5.10 Å². The number of aliphatic carboxylic acids is 1. The number of hydrogen-bond donors (Lipinski definition) is 2. The average Bonchev–Trinajstić information content (AvgIpc) is 2.98. The minimum Gasteiger partial charge on any atom is -0.480 e. The first-order valence-electron chi connectivity index (χ1n) is 6.46. The van der Waals surface area contributed by atoms with Crippen molar-refractivity contribution >= 4 is 17.7 Å². The summed E-state index contributed by atoms with van der Waals surface area (Å²) in [5.41, 5.74) is 0.538. The van der Waals surface area contributed by atoms with Gasteiger partial charge in [0.15, 0.2) is 0 Å². The van der Waals surface area contributed by atoms with E-state index in [1.807, 2.05) is 0 Å². The van der Waals surface area contributed by atoms with Crippen LogP contribution in [-0.2, 0) is 11.3 Å². The van der Waals surface area contributed by atoms with Crippen LogP contribution in [0.2, 0.25) is 0 Å². The molecule has 2 amide bonds. The fourth-order valence-electron chi connectivity index (χ4n) is 1.83. The molecule has 0 aliphatic heterocycles. The molecule has 1 aromatic carbocycles. The molecule has 0 saturated heterocycles. The Bertz CT molecular complexity index is 584. The van der Waals surface area contributed by atoms with Crippen LogP contribution < -0.4 is 10.2 Å². The van der Waals surface area contributed by atoms with E-state index in [2.05, 4.69) is 10.4 Å². The number of aromatic nitrogens is 2. The number of carboxylic acids is 1. The van der Waals surface area contributed by atoms with E-state index in [1.54, 1.807) is 53.5 Å². The lowest BCUT2D eigenvalue weighted by molar-refractivity contribution is -0.135. The maximum atomic E-state index is 12.1. The number of amides is 2. The highest BCUT2D eigenvalue weighted by Crippen LogP contribution is 2.12. The van der Waals surface area contributed by atoms with Crippen LogP contribution >= 0.6 is 0 Å². The first-order valence-corrected chi connectivity index (χ1v) is 6.46. The van der Waals surface area contributed by atoms with Crippen LogP contribution in [0.5, 0.6) is 0 Å². The molecule has 0 aliphatic carbocycles. The molecule has 0 bridgehead atoms. The van der Waals surface area contributed by atoms with Crippen molar-refractivity contribution in [2.75, 3.05) is 18.0 Å². The highest BCUT2D eigenvalue weighted by atomic mass is 16.4. The topological polar surface area (TPSA) is 87.5 Å². The largest absolute Gasteiger partial charge is 0.480 e. The van der Waals surface area contributed by atoms with Crippen LogP contribution in [0.3, 0.4) is 0 Å². The third-order valence-electron chi connectivity index (χ3n) is 2.78. The van der Waals surface area contributed by atoms with Crippen molar-refractivity contribution in [3.63, 3.8) is 0 Å². The molecule has 7 nitrogen and oxygen atoms in total. The molecule has 2 rings (SSSR count). The molecule has 21 heavy (non-hydrogen) atoms. The number of benzene rings is 1. The average molecular weight is 288 g/mol. The number of rotatable bonds is 6. The number of para-hydroxylation sites is 1. The molecule has 2 N–H and O–H groups in total. The number of hydrogen-bond acceptors (Lipinski definition) is 3. The predicted octanol–water partition coefficient (Wildman–Crippen LogP) is 1.18. The summed E-state index contributed by atoms with van der Waals surface area (Å²) in [7, 11) is 0. The van der Waals surface area contributed by atoms with Crippen molar-refractivity contribution in [2.24, 2.45) is 0 Å². The van der Waals surface area contributed by atoms with Crippen molar-refractivity contribution in [3.05, 3.63) is 48.8 Å². The second-order valence-corrected chi connectivity index (χ2v) is 4.32. The SMILES string of the molecule is O=C(O)CN(C(=O)NCCn1cccn1)c1ccccc1. The van der Waals surface area contributed by atoms with Gasteiger partial charge in [0.05, 0.1) is 6.54 Å². The molecule has 7 heteroatoms. The van der Waals surface area contributed by atoms with Crippen LogP contribution in [0.1, 0.15) is 0 Å². The minimum absolute atomic E-state index is 0.365. The molecule has 0 fully saturated rings. The van der Waals surface area contributed by atoms with Gasteiger partial charge in [0, 0.05) is 24.6 Å². The van der Waals surface area contributed by atoms with E-state index in [9.17, 15) is 9.59 Å². The van der Waals surface area contributed by atoms with Crippen LogP contribution in [0.4, 0.5) is 10.5 Å². The Morgan fingerprint density at radius 3 is 2.62 bits per heavy atom. The van der Waals surface area contributed by atoms with Gasteiger partial charge in [-0.3, -0.25) is 14.4 Å². The van der Waals surface area contributed by atoms with E-state index < -0.39 is 18.5 Å². The zero-order valence-electron chi connectivity index (χ0n) is 11.3. The Hall–Kier alpha value is -2.83. The van der Waals surface area contributed by atoms with Gasteiger partial charge in [-0.25, -0.2) is 4.79 Å². The Labute approximate surface area is 121 Å². The molecule has 0 saturated carbocycles. The van der Waals surface area contributed by atoms with E-state index in [0.717, 1.165) is 0 Å². The van der Waals surface area contributed by atoms with Crippen molar-refractivity contribution in [3.8, 4) is 0 Å². The number of carbonyl (C=O) groups excluding carboxylic acids is 1. The summed E-state index contributed by atoms with van der Waals surface area (Å²) in [4.78, 5) is 24.2. The molecule has 2 aromatic rings. The fourth-order valence-corrected chi connectivity index (χ4v) is 1.83. The molecule has 0 atom stereocenters. The number of carboxylic acid groups (broad SMARTS) is 1. The first-order chi connectivity index (χ1) is 10.2. The Morgan fingerprint density at radius 1 is 1.24 bits per heavy atom. The highest BCUT2D eigenvalue weighted by molar-refractivity contribution is 5.96. The maximum Gasteiger partial charge on any atom is 0.323 e. The summed E-state index contributed by atoms with van der Waals surface area (Å²) < 4.78 is 1.68. The Morgan fingerprint density at radius 2 is 2.00 bits per heavy atom. The molecular weight excluding hydrogens is 272 g/mol. The lowest BCUT2D eigenvalue weighted by Gasteiger charge is -2.21. The van der Waals surface area contributed by atoms with Gasteiger partial charge in [-0.1, -0.05) is 18.2 Å². The first kappa shape index (κ1) is 14.6. The summed E-state index contributed by atoms with van der Waals surface area (Å²) in [6.45, 7) is 0.496. The van der Waals surface area contributed by atoms with Crippen LogP contribution in [0.15, 0.2) is 48.8 Å². The van der Waals surface area contributed by atoms with Crippen LogP contribution in [-0.4, -0.2) is 40.0 Å². The quantitative estimate of drug-likeness (QED) is 0.835. The zero-order valence-corrected chi connectivity index (χ0v) is 11.3. The number of urea groups is 1. The lowest BCUT2D eigenvalue weighted by atomic mass is 10.3. The van der Waals surface area contributed by atoms with E-state index in [1.165, 1.54) is 4.90 Å². The van der Waals surface area contributed by atoms with Gasteiger partial charge in [-0.05, 0) is 18.2 Å². The molecular formula is C14H16N4O3. The monoisotopic (exact) mass is 288 g/mol. The zero-order chi connectivity index (χ0) is 15.1. The third-order valence-corrected chi connectivity index (χ3v) is 2.78. The standard InChI is InChI=1S/C14H16N4O3/c19-13(20)11-18(12-5-2-1-3-6-12)14(21)15-8-10-17-9-4-7-16-17/h1-7,9H,8,10-11H2,(H,15,21)(H,19,20). The Balaban J connectivity index is 1.96. The van der Waals surface area contributed by atoms with Gasteiger partial charge in [0.25, 0.3) is 0 Å². The van der Waals surface area contributed by atoms with Crippen molar-refractivity contribution in [1.82, 2.24) is 15.1 Å². The number of nitrogens with zero attached hydrogens (tertiary/aromatic N) is 3. The predicted molar refractivity (Wildman–Crippen MR) is 77.0 cm³/mol. The fraction of sp³-hybridized carbons (Fsp3) is 0.214. The molecule has 0 radical (unpaired) electrons. The molecule has 110 valence electrons. The maximum absolute atomic E-state index is 12.1. The summed E-state index contributed by atoms with van der Waals surface area (Å²) in [5.74, 6) is -1.07. The summed E-state index contributed by atoms with van der Waals surface area (Å²) in [6.07, 6.45) is 3.45. The molecule has 1 aromatic heterocycles. The number of carbonyl (C=O) groups is 2.